The van der Waals surface area contributed by atoms with E-state index >= 15 is 0 Å². The zero-order valence-corrected chi connectivity index (χ0v) is 66.0. The van der Waals surface area contributed by atoms with Crippen LogP contribution < -0.4 is 0 Å². The van der Waals surface area contributed by atoms with Crippen molar-refractivity contribution in [3.8, 4) is 143 Å². The summed E-state index contributed by atoms with van der Waals surface area (Å²) in [6.07, 6.45) is 10.8. The SMILES string of the molecule is c1ccc(-c2nc(-c3ccccc3)nc(-c3cnc(-n4c5ccccc5c5cc(-c6ccc7[nH]c8ccccc8c7c6)ccc54)nc3)n2)cc1.c1ccc(-c2nc(-c3ccccc3)nc(-c3cnc(-n4c5ccccc5c5cc(-c6ccc7c(c6)c6ccccc6n7-c6ncc(-c7nc(-c8ccccc8)nc(-c8ccccc8)n7)cn6)ccc54)nc3)n2)cc1. The second-order valence-corrected chi connectivity index (χ2v) is 30.1. The molecule has 0 saturated heterocycles. The molecule has 10 heterocycles. The normalized spacial score (nSPS) is 11.5. The molecule has 0 aliphatic heterocycles. The second kappa shape index (κ2) is 30.5. The molecule has 124 heavy (non-hydrogen) atoms. The van der Waals surface area contributed by atoms with Gasteiger partial charge in [0.2, 0.25) is 17.8 Å². The van der Waals surface area contributed by atoms with Crippen molar-refractivity contribution in [2.45, 2.75) is 0 Å². The van der Waals surface area contributed by atoms with Crippen LogP contribution in [0.2, 0.25) is 0 Å². The van der Waals surface area contributed by atoms with Crippen LogP contribution >= 0.6 is 0 Å². The van der Waals surface area contributed by atoms with Crippen LogP contribution in [0.5, 0.6) is 0 Å². The number of hydrogen-bond donors (Lipinski definition) is 1. The summed E-state index contributed by atoms with van der Waals surface area (Å²) in [5, 5.41) is 9.10. The summed E-state index contributed by atoms with van der Waals surface area (Å²) in [6.45, 7) is 0. The Bertz CT molecular complexity index is 7730. The van der Waals surface area contributed by atoms with Crippen molar-refractivity contribution in [2.75, 3.05) is 0 Å². The number of para-hydroxylation sites is 4. The average Bonchev–Trinajstić information content (AvgIpc) is 1.59. The van der Waals surface area contributed by atoms with E-state index in [0.717, 1.165) is 127 Å². The fraction of sp³-hybridized carbons (Fsp3) is 0. The summed E-state index contributed by atoms with van der Waals surface area (Å²) >= 11 is 0. The summed E-state index contributed by atoms with van der Waals surface area (Å²) in [6, 6.07) is 120. The number of aromatic nitrogens is 19. The first-order valence-electron chi connectivity index (χ1n) is 40.6. The van der Waals surface area contributed by atoms with Crippen LogP contribution in [0.15, 0.2) is 389 Å². The maximum absolute atomic E-state index is 4.95. The molecule has 14 aromatic carbocycles. The van der Waals surface area contributed by atoms with Crippen molar-refractivity contribution in [2.24, 2.45) is 0 Å². The maximum atomic E-state index is 4.95. The number of hydrogen-bond acceptors (Lipinski definition) is 15. The van der Waals surface area contributed by atoms with Gasteiger partial charge < -0.3 is 4.98 Å². The summed E-state index contributed by atoms with van der Waals surface area (Å²) in [5.74, 6) is 6.68. The topological polar surface area (TPSA) is 224 Å². The molecule has 0 spiro atoms. The first-order valence-corrected chi connectivity index (χ1v) is 40.6. The number of benzene rings is 14. The molecule has 1 N–H and O–H groups in total. The number of nitrogens with zero attached hydrogens (tertiary/aromatic N) is 18. The molecule has 580 valence electrons. The van der Waals surface area contributed by atoms with Crippen LogP contribution in [-0.2, 0) is 0 Å². The van der Waals surface area contributed by atoms with Crippen LogP contribution in [0.3, 0.4) is 0 Å². The Morgan fingerprint density at radius 2 is 0.363 bits per heavy atom. The number of fused-ring (bicyclic) bond motifs is 12. The molecule has 0 aliphatic rings. The molecule has 19 nitrogen and oxygen atoms in total. The molecule has 0 bridgehead atoms. The molecule has 0 saturated carbocycles. The van der Waals surface area contributed by atoms with E-state index in [2.05, 4.69) is 176 Å². The third kappa shape index (κ3) is 13.1. The summed E-state index contributed by atoms with van der Waals surface area (Å²) in [7, 11) is 0. The molecule has 0 atom stereocenters. The fourth-order valence-electron chi connectivity index (χ4n) is 16.6. The molecule has 0 aliphatic carbocycles. The van der Waals surface area contributed by atoms with Crippen molar-refractivity contribution < 1.29 is 0 Å². The van der Waals surface area contributed by atoms with Crippen molar-refractivity contribution in [1.82, 2.24) is 93.4 Å². The number of H-pyrrole nitrogens is 1. The molecule has 0 unspecified atom stereocenters. The van der Waals surface area contributed by atoms with Gasteiger partial charge in [0, 0.05) is 125 Å². The van der Waals surface area contributed by atoms with Gasteiger partial charge in [-0.1, -0.05) is 279 Å². The van der Waals surface area contributed by atoms with Gasteiger partial charge in [0.25, 0.3) is 0 Å². The molecule has 10 aromatic heterocycles. The highest BCUT2D eigenvalue weighted by atomic mass is 15.2. The average molecular weight is 1590 g/mol. The minimum atomic E-state index is 0.494. The Hall–Kier alpha value is -17.5. The number of nitrogens with one attached hydrogen (secondary N) is 1. The Labute approximate surface area is 708 Å². The quantitative estimate of drug-likeness (QED) is 0.107. The third-order valence-corrected chi connectivity index (χ3v) is 22.6. The largest absolute Gasteiger partial charge is 0.355 e. The molecule has 0 fully saturated rings. The van der Waals surface area contributed by atoms with Crippen LogP contribution in [0, 0.1) is 0 Å². The number of rotatable bonds is 14. The van der Waals surface area contributed by atoms with E-state index in [1.807, 2.05) is 194 Å². The molecule has 24 aromatic rings. The van der Waals surface area contributed by atoms with Gasteiger partial charge in [-0.15, -0.1) is 0 Å². The lowest BCUT2D eigenvalue weighted by atomic mass is 10.0. The lowest BCUT2D eigenvalue weighted by Crippen LogP contribution is -2.03. The molecule has 19 heteroatoms. The monoisotopic (exact) mass is 1590 g/mol. The van der Waals surface area contributed by atoms with E-state index in [0.29, 0.717) is 87.0 Å². The van der Waals surface area contributed by atoms with Gasteiger partial charge in [-0.2, -0.15) is 0 Å². The van der Waals surface area contributed by atoms with Crippen LogP contribution in [0.4, 0.5) is 0 Å². The first kappa shape index (κ1) is 71.8. The summed E-state index contributed by atoms with van der Waals surface area (Å²) in [4.78, 5) is 76.9. The zero-order chi connectivity index (χ0) is 82.0. The predicted molar refractivity (Wildman–Crippen MR) is 492 cm³/mol. The lowest BCUT2D eigenvalue weighted by molar-refractivity contribution is 0.981. The Morgan fingerprint density at radius 1 is 0.153 bits per heavy atom. The maximum Gasteiger partial charge on any atom is 0.234 e. The van der Waals surface area contributed by atoms with Crippen molar-refractivity contribution in [3.05, 3.63) is 389 Å². The highest BCUT2D eigenvalue weighted by molar-refractivity contribution is 6.14. The molecular weight excluding hydrogens is 1530 g/mol. The van der Waals surface area contributed by atoms with Crippen molar-refractivity contribution in [1.29, 1.82) is 0 Å². The minimum absolute atomic E-state index is 0.494. The van der Waals surface area contributed by atoms with Gasteiger partial charge in [0.05, 0.1) is 49.8 Å². The van der Waals surface area contributed by atoms with E-state index in [4.69, 9.17) is 74.8 Å². The van der Waals surface area contributed by atoms with Gasteiger partial charge in [-0.05, 0) is 95.1 Å². The van der Waals surface area contributed by atoms with Crippen LogP contribution in [-0.4, -0.2) is 93.4 Å². The highest BCUT2D eigenvalue weighted by Crippen LogP contribution is 2.41. The van der Waals surface area contributed by atoms with E-state index in [1.54, 1.807) is 37.2 Å². The third-order valence-electron chi connectivity index (χ3n) is 22.6. The van der Waals surface area contributed by atoms with E-state index in [1.165, 1.54) is 16.3 Å². The van der Waals surface area contributed by atoms with Crippen LogP contribution in [0.25, 0.3) is 230 Å². The molecular formula is C105H65N19. The van der Waals surface area contributed by atoms with Gasteiger partial charge in [0.15, 0.2) is 52.4 Å². The van der Waals surface area contributed by atoms with Crippen molar-refractivity contribution in [3.63, 3.8) is 0 Å². The van der Waals surface area contributed by atoms with Gasteiger partial charge >= 0.3 is 0 Å². The zero-order valence-electron chi connectivity index (χ0n) is 66.0. The van der Waals surface area contributed by atoms with Gasteiger partial charge in [0.1, 0.15) is 0 Å². The first-order chi connectivity index (χ1) is 61.4. The van der Waals surface area contributed by atoms with E-state index in [9.17, 15) is 0 Å². The lowest BCUT2D eigenvalue weighted by Gasteiger charge is -2.10. The Morgan fingerprint density at radius 3 is 0.645 bits per heavy atom. The molecule has 0 amide bonds. The molecule has 0 radical (unpaired) electrons. The van der Waals surface area contributed by atoms with E-state index in [-0.39, 0.29) is 0 Å². The summed E-state index contributed by atoms with van der Waals surface area (Å²) < 4.78 is 6.35. The second-order valence-electron chi connectivity index (χ2n) is 30.1. The van der Waals surface area contributed by atoms with E-state index < -0.39 is 0 Å². The fourth-order valence-corrected chi connectivity index (χ4v) is 16.6. The minimum Gasteiger partial charge on any atom is -0.355 e. The molecule has 24 rings (SSSR count). The Balaban J connectivity index is 0.000000154. The smallest absolute Gasteiger partial charge is 0.234 e. The van der Waals surface area contributed by atoms with Crippen molar-refractivity contribution >= 4 is 87.2 Å². The van der Waals surface area contributed by atoms with Crippen LogP contribution in [0.1, 0.15) is 0 Å². The Kier molecular flexibility index (Phi) is 17.7. The number of aromatic amines is 1. The van der Waals surface area contributed by atoms with Gasteiger partial charge in [-0.25, -0.2) is 74.8 Å². The highest BCUT2D eigenvalue weighted by Gasteiger charge is 2.24. The predicted octanol–water partition coefficient (Wildman–Crippen LogP) is 23.6. The standard InChI is InChI=1S/C62H38N12.C43H27N7/c1-5-17-39(18-6-1)55-67-56(40-19-7-2-8-20-40)70-59(69-55)45-35-63-61(64-36-45)73-51-27-15-13-25-47(51)49-33-43(29-31-53(49)73)44-30-32-54-50(34-44)48-26-14-16-28-52(48)74(54)62-65-37-46(38-66-62)60-71-57(41-21-9-3-10-22-41)68-58(72-60)42-23-11-4-12-24-42;1-3-11-27(12-4-1)40-47-41(28-13-5-2-6-14-28)49-42(48-40)31-25-44-43(45-26-31)50-38-18-10-8-16-33(38)35-24-30(20-22-39(35)50)29-19-21-37-34(23-29)32-15-7-9-17-36(32)46-37/h1-38H;1-26,46H. The summed E-state index contributed by atoms with van der Waals surface area (Å²) in [5.41, 5.74) is 20.3. The van der Waals surface area contributed by atoms with Gasteiger partial charge in [-0.3, -0.25) is 13.7 Å².